The Kier molecular flexibility index (Phi) is 9.30. The van der Waals surface area contributed by atoms with E-state index in [1.54, 1.807) is 23.6 Å². The second-order valence-corrected chi connectivity index (χ2v) is 12.6. The number of nitrogens with one attached hydrogen (secondary N) is 2. The molecular formula is C32H33F3N6O5S. The minimum absolute atomic E-state index is 0.0271. The van der Waals surface area contributed by atoms with Gasteiger partial charge in [0.2, 0.25) is 5.43 Å². The summed E-state index contributed by atoms with van der Waals surface area (Å²) in [5.41, 5.74) is -0.551. The molecule has 11 nitrogen and oxygen atoms in total. The molecule has 6 rings (SSSR count). The number of rotatable bonds is 9. The van der Waals surface area contributed by atoms with Crippen LogP contribution in [0.2, 0.25) is 0 Å². The lowest BCUT2D eigenvalue weighted by molar-refractivity contribution is -0.140. The van der Waals surface area contributed by atoms with Gasteiger partial charge in [-0.15, -0.1) is 11.3 Å². The van der Waals surface area contributed by atoms with Crippen molar-refractivity contribution in [2.75, 3.05) is 38.1 Å². The third-order valence-corrected chi connectivity index (χ3v) is 9.32. The van der Waals surface area contributed by atoms with E-state index in [-0.39, 0.29) is 39.4 Å². The number of urea groups is 1. The summed E-state index contributed by atoms with van der Waals surface area (Å²) in [6.07, 6.45) is 1.38. The third kappa shape index (κ3) is 7.16. The zero-order valence-corrected chi connectivity index (χ0v) is 26.3. The smallest absolute Gasteiger partial charge is 0.434 e. The fourth-order valence-electron chi connectivity index (χ4n) is 6.23. The van der Waals surface area contributed by atoms with E-state index in [2.05, 4.69) is 25.5 Å². The van der Waals surface area contributed by atoms with Gasteiger partial charge < -0.3 is 24.6 Å². The highest BCUT2D eigenvalue weighted by Crippen LogP contribution is 2.39. The molecule has 15 heteroatoms. The first-order chi connectivity index (χ1) is 22.5. The number of pyridine rings is 2. The zero-order valence-electron chi connectivity index (χ0n) is 25.5. The molecule has 5 heterocycles. The van der Waals surface area contributed by atoms with Gasteiger partial charge in [-0.3, -0.25) is 10.1 Å². The van der Waals surface area contributed by atoms with E-state index in [0.717, 1.165) is 62.2 Å². The number of ether oxygens (including phenoxy) is 1. The molecule has 2 aliphatic heterocycles. The first kappa shape index (κ1) is 32.6. The monoisotopic (exact) mass is 670 g/mol. The summed E-state index contributed by atoms with van der Waals surface area (Å²) in [6, 6.07) is 5.84. The van der Waals surface area contributed by atoms with Gasteiger partial charge in [-0.25, -0.2) is 19.6 Å². The molecule has 248 valence electrons. The number of halogens is 3. The van der Waals surface area contributed by atoms with Crippen LogP contribution in [0.3, 0.4) is 0 Å². The predicted molar refractivity (Wildman–Crippen MR) is 171 cm³/mol. The normalized spacial score (nSPS) is 18.6. The summed E-state index contributed by atoms with van der Waals surface area (Å²) in [7, 11) is 0. The number of aromatic nitrogens is 3. The second-order valence-electron chi connectivity index (χ2n) is 11.7. The van der Waals surface area contributed by atoms with Gasteiger partial charge in [-0.1, -0.05) is 6.07 Å². The van der Waals surface area contributed by atoms with Crippen LogP contribution in [0.1, 0.15) is 42.2 Å². The second kappa shape index (κ2) is 13.4. The van der Waals surface area contributed by atoms with Crippen LogP contribution in [0.15, 0.2) is 46.8 Å². The maximum absolute atomic E-state index is 13.5. The molecule has 2 fully saturated rings. The number of alkyl halides is 3. The molecule has 2 unspecified atom stereocenters. The van der Waals surface area contributed by atoms with Gasteiger partial charge in [0.15, 0.2) is 5.69 Å². The molecule has 0 bridgehead atoms. The molecule has 2 amide bonds. The van der Waals surface area contributed by atoms with Crippen molar-refractivity contribution in [3.8, 4) is 21.7 Å². The minimum atomic E-state index is -4.66. The number of benzene rings is 1. The maximum atomic E-state index is 13.5. The number of carboxylic acids is 1. The van der Waals surface area contributed by atoms with Gasteiger partial charge >= 0.3 is 18.2 Å². The van der Waals surface area contributed by atoms with Gasteiger partial charge in [0.05, 0.1) is 11.6 Å². The molecule has 4 aromatic rings. The lowest BCUT2D eigenvalue weighted by atomic mass is 9.99. The van der Waals surface area contributed by atoms with Crippen molar-refractivity contribution < 1.29 is 32.6 Å². The number of likely N-dealkylation sites (tertiary alicyclic amines) is 1. The minimum Gasteiger partial charge on any atom is -0.477 e. The van der Waals surface area contributed by atoms with Crippen molar-refractivity contribution in [3.63, 3.8) is 0 Å². The number of hydrogen-bond donors (Lipinski definition) is 3. The van der Waals surface area contributed by atoms with Crippen LogP contribution < -0.4 is 16.1 Å². The lowest BCUT2D eigenvalue weighted by Crippen LogP contribution is -2.30. The first-order valence-electron chi connectivity index (χ1n) is 15.3. The van der Waals surface area contributed by atoms with Crippen LogP contribution in [0.5, 0.6) is 0 Å². The fraction of sp³-hybridized carbons (Fsp3) is 0.406. The van der Waals surface area contributed by atoms with Crippen LogP contribution in [0.25, 0.3) is 32.6 Å². The zero-order chi connectivity index (χ0) is 33.3. The highest BCUT2D eigenvalue weighted by molar-refractivity contribution is 7.13. The Balaban J connectivity index is 1.38. The molecule has 2 aliphatic rings. The molecule has 0 aliphatic carbocycles. The molecule has 3 aromatic heterocycles. The van der Waals surface area contributed by atoms with E-state index in [4.69, 9.17) is 4.74 Å². The number of carbonyl (C=O) groups excluding carboxylic acids is 1. The van der Waals surface area contributed by atoms with Gasteiger partial charge in [-0.05, 0) is 62.4 Å². The molecule has 0 spiro atoms. The number of anilines is 1. The summed E-state index contributed by atoms with van der Waals surface area (Å²) in [6.45, 7) is 5.97. The Morgan fingerprint density at radius 2 is 2.00 bits per heavy atom. The summed E-state index contributed by atoms with van der Waals surface area (Å²) in [4.78, 5) is 48.2. The van der Waals surface area contributed by atoms with Crippen LogP contribution in [-0.4, -0.2) is 75.4 Å². The van der Waals surface area contributed by atoms with E-state index >= 15 is 0 Å². The number of hydrogen-bond acceptors (Lipinski definition) is 8. The van der Waals surface area contributed by atoms with E-state index in [1.165, 1.54) is 24.5 Å². The number of aromatic carboxylic acids is 1. The van der Waals surface area contributed by atoms with E-state index < -0.39 is 29.3 Å². The van der Waals surface area contributed by atoms with Crippen molar-refractivity contribution in [2.45, 2.75) is 45.0 Å². The number of nitrogens with zero attached hydrogens (tertiary/aromatic N) is 4. The molecule has 1 aromatic carbocycles. The first-order valence-corrected chi connectivity index (χ1v) is 16.2. The van der Waals surface area contributed by atoms with Gasteiger partial charge in [0, 0.05) is 67.1 Å². The quantitative estimate of drug-likeness (QED) is 0.211. The lowest BCUT2D eigenvalue weighted by Gasteiger charge is -2.21. The Labute approximate surface area is 271 Å². The number of fused-ring (bicyclic) bond motifs is 1. The summed E-state index contributed by atoms with van der Waals surface area (Å²) in [5, 5.41) is 16.1. The van der Waals surface area contributed by atoms with Crippen LogP contribution in [0, 0.1) is 5.92 Å². The van der Waals surface area contributed by atoms with E-state index in [1.807, 2.05) is 0 Å². The highest BCUT2D eigenvalue weighted by Gasteiger charge is 2.34. The third-order valence-electron chi connectivity index (χ3n) is 8.44. The summed E-state index contributed by atoms with van der Waals surface area (Å²) in [5.74, 6) is -1.04. The summed E-state index contributed by atoms with van der Waals surface area (Å²) >= 11 is 0.777. The van der Waals surface area contributed by atoms with Crippen LogP contribution >= 0.6 is 11.3 Å². The molecular weight excluding hydrogens is 637 g/mol. The average molecular weight is 671 g/mol. The molecule has 3 N–H and O–H groups in total. The standard InChI is InChI=1S/C32H33F3N6O5S/c1-2-36-31(45)39-27-11-21(29-38-26(17-47-29)32(33,34)35)23(12-37-27)19-5-6-25-22(10-19)28(42)24(30(43)44)16-41(25)14-18-7-8-40(13-18)15-20-4-3-9-46-20/h5-6,10-12,16-18,20H,2-4,7-9,13-15H2,1H3,(H,43,44)(H2,36,37,39,45). The Bertz CT molecular complexity index is 1870. The molecule has 2 saturated heterocycles. The van der Waals surface area contributed by atoms with Gasteiger partial charge in [0.1, 0.15) is 16.4 Å². The summed E-state index contributed by atoms with van der Waals surface area (Å²) < 4.78 is 48.0. The van der Waals surface area contributed by atoms with Gasteiger partial charge in [0.25, 0.3) is 0 Å². The Morgan fingerprint density at radius 3 is 2.70 bits per heavy atom. The predicted octanol–water partition coefficient (Wildman–Crippen LogP) is 5.55. The van der Waals surface area contributed by atoms with E-state index in [9.17, 15) is 32.7 Å². The van der Waals surface area contributed by atoms with Crippen LogP contribution in [-0.2, 0) is 17.5 Å². The molecule has 0 saturated carbocycles. The molecule has 0 radical (unpaired) electrons. The van der Waals surface area contributed by atoms with Crippen molar-refractivity contribution in [1.82, 2.24) is 24.8 Å². The van der Waals surface area contributed by atoms with Crippen molar-refractivity contribution >= 4 is 40.1 Å². The van der Waals surface area contributed by atoms with Gasteiger partial charge in [-0.2, -0.15) is 13.2 Å². The van der Waals surface area contributed by atoms with E-state index in [0.29, 0.717) is 29.7 Å². The maximum Gasteiger partial charge on any atom is 0.434 e. The van der Waals surface area contributed by atoms with Crippen molar-refractivity contribution in [2.24, 2.45) is 5.92 Å². The Hall–Kier alpha value is -4.34. The largest absolute Gasteiger partial charge is 0.477 e. The number of thiazole rings is 1. The van der Waals surface area contributed by atoms with Crippen molar-refractivity contribution in [3.05, 3.63) is 63.5 Å². The molecule has 47 heavy (non-hydrogen) atoms. The average Bonchev–Trinajstić information content (AvgIpc) is 3.82. The molecule has 2 atom stereocenters. The SMILES string of the molecule is CCNC(=O)Nc1cc(-c2nc(C(F)(F)F)cs2)c(-c2ccc3c(c2)c(=O)c(C(=O)O)cn3CC2CCN(CC3CCCO3)C2)cn1. The van der Waals surface area contributed by atoms with Crippen LogP contribution in [0.4, 0.5) is 23.8 Å². The number of carbonyl (C=O) groups is 2. The number of amides is 2. The topological polar surface area (TPSA) is 139 Å². The fourth-order valence-corrected chi connectivity index (χ4v) is 7.09. The Morgan fingerprint density at radius 1 is 1.17 bits per heavy atom. The highest BCUT2D eigenvalue weighted by atomic mass is 32.1. The van der Waals surface area contributed by atoms with Crippen molar-refractivity contribution in [1.29, 1.82) is 0 Å². The number of carboxylic acid groups (broad SMARTS) is 1.